The predicted molar refractivity (Wildman–Crippen MR) is 139 cm³/mol. The van der Waals surface area contributed by atoms with E-state index in [0.717, 1.165) is 6.42 Å². The molecular weight excluding hydrogens is 505 g/mol. The Labute approximate surface area is 222 Å². The summed E-state index contributed by atoms with van der Waals surface area (Å²) >= 11 is 0. The highest BCUT2D eigenvalue weighted by atomic mass is 31.2. The summed E-state index contributed by atoms with van der Waals surface area (Å²) in [7, 11) is 1.44. The molecule has 0 saturated carbocycles. The van der Waals surface area contributed by atoms with Gasteiger partial charge in [0, 0.05) is 0 Å². The van der Waals surface area contributed by atoms with Gasteiger partial charge in [-0.3, -0.25) is 23.4 Å². The van der Waals surface area contributed by atoms with Crippen LogP contribution in [-0.4, -0.2) is 86.5 Å². The third-order valence-electron chi connectivity index (χ3n) is 6.28. The normalized spacial score (nSPS) is 17.2. The number of hydrogen-bond donors (Lipinski definition) is 2. The highest BCUT2D eigenvalue weighted by Crippen LogP contribution is 2.46. The number of carbonyl (C=O) groups excluding carboxylic acids is 2. The molecule has 3 unspecified atom stereocenters. The average molecular weight is 555 g/mol. The van der Waals surface area contributed by atoms with Crippen molar-refractivity contribution in [2.45, 2.75) is 73.6 Å². The van der Waals surface area contributed by atoms with Gasteiger partial charge in [-0.15, -0.1) is 0 Å². The van der Waals surface area contributed by atoms with Gasteiger partial charge in [0.05, 0.1) is 50.6 Å². The molecule has 0 aliphatic carbocycles. The van der Waals surface area contributed by atoms with Gasteiger partial charge in [-0.25, -0.2) is 4.57 Å². The van der Waals surface area contributed by atoms with Gasteiger partial charge in [-0.1, -0.05) is 20.3 Å². The number of quaternary nitrogens is 1. The topological polar surface area (TPSA) is 146 Å². The van der Waals surface area contributed by atoms with Crippen molar-refractivity contribution < 1.29 is 52.0 Å². The SMILES string of the molecule is CCCCOC(=O)C(C)(CC(C)(C)C(=O)O)CC(C)(CC)C(=O)OCCOP(=O)(O)OCC[N+](C)(C)C. The Morgan fingerprint density at radius 3 is 1.81 bits per heavy atom. The third-order valence-corrected chi connectivity index (χ3v) is 7.29. The van der Waals surface area contributed by atoms with Crippen molar-refractivity contribution in [1.29, 1.82) is 0 Å². The minimum atomic E-state index is -4.30. The summed E-state index contributed by atoms with van der Waals surface area (Å²) in [6.07, 6.45) is 1.78. The Morgan fingerprint density at radius 1 is 0.811 bits per heavy atom. The molecule has 0 aliphatic heterocycles. The highest BCUT2D eigenvalue weighted by Gasteiger charge is 2.49. The molecule has 11 nitrogen and oxygen atoms in total. The summed E-state index contributed by atoms with van der Waals surface area (Å²) in [5.74, 6) is -2.24. The maximum Gasteiger partial charge on any atom is 0.472 e. The number of aliphatic carboxylic acids is 1. The van der Waals surface area contributed by atoms with Crippen LogP contribution >= 0.6 is 7.82 Å². The van der Waals surface area contributed by atoms with Crippen LogP contribution in [0.4, 0.5) is 0 Å². The number of carboxylic acid groups (broad SMARTS) is 1. The number of unbranched alkanes of at least 4 members (excludes halogenated alkanes) is 1. The van der Waals surface area contributed by atoms with E-state index in [1.165, 1.54) is 13.8 Å². The molecule has 0 aromatic rings. The van der Waals surface area contributed by atoms with Gasteiger partial charge in [0.2, 0.25) is 0 Å². The Morgan fingerprint density at radius 2 is 1.32 bits per heavy atom. The Balaban J connectivity index is 5.33. The third kappa shape index (κ3) is 13.2. The summed E-state index contributed by atoms with van der Waals surface area (Å²) in [5, 5.41) is 9.66. The molecule has 0 bridgehead atoms. The number of carbonyl (C=O) groups is 3. The molecule has 12 heteroatoms. The fourth-order valence-electron chi connectivity index (χ4n) is 3.87. The molecule has 37 heavy (non-hydrogen) atoms. The second-order valence-electron chi connectivity index (χ2n) is 11.8. The monoisotopic (exact) mass is 554 g/mol. The number of ether oxygens (including phenoxy) is 2. The zero-order valence-electron chi connectivity index (χ0n) is 24.1. The van der Waals surface area contributed by atoms with E-state index in [4.69, 9.17) is 18.5 Å². The molecule has 0 heterocycles. The smallest absolute Gasteiger partial charge is 0.472 e. The Hall–Kier alpha value is -1.52. The molecule has 0 spiro atoms. The molecule has 0 fully saturated rings. The van der Waals surface area contributed by atoms with Crippen LogP contribution in [0, 0.1) is 16.2 Å². The number of phosphoric acid groups is 1. The predicted octanol–water partition coefficient (Wildman–Crippen LogP) is 4.03. The van der Waals surface area contributed by atoms with E-state index in [2.05, 4.69) is 0 Å². The standard InChI is InChI=1S/C25H48NO10P/c1-10-12-14-33-22(30)25(6,18-23(3,4)20(27)28)19-24(5,11-2)21(29)34-16-17-36-37(31,32)35-15-13-26(7,8)9/h10-19H2,1-9H3,(H-,27,28,31,32)/p+1. The summed E-state index contributed by atoms with van der Waals surface area (Å²) in [5.41, 5.74) is -3.65. The minimum absolute atomic E-state index is 0.00448. The molecule has 218 valence electrons. The van der Waals surface area contributed by atoms with Crippen LogP contribution in [0.5, 0.6) is 0 Å². The Kier molecular flexibility index (Phi) is 14.0. The van der Waals surface area contributed by atoms with Gasteiger partial charge in [-0.05, 0) is 53.4 Å². The van der Waals surface area contributed by atoms with Crippen LogP contribution in [0.2, 0.25) is 0 Å². The van der Waals surface area contributed by atoms with Crippen molar-refractivity contribution in [3.8, 4) is 0 Å². The number of phosphoric ester groups is 1. The van der Waals surface area contributed by atoms with E-state index < -0.39 is 42.0 Å². The van der Waals surface area contributed by atoms with Crippen LogP contribution in [0.3, 0.4) is 0 Å². The highest BCUT2D eigenvalue weighted by molar-refractivity contribution is 7.47. The number of likely N-dealkylation sites (N-methyl/N-ethyl adjacent to an activating group) is 1. The number of hydrogen-bond acceptors (Lipinski definition) is 8. The molecule has 0 aromatic carbocycles. The van der Waals surface area contributed by atoms with Crippen molar-refractivity contribution in [3.05, 3.63) is 0 Å². The lowest BCUT2D eigenvalue weighted by atomic mass is 9.65. The van der Waals surface area contributed by atoms with Gasteiger partial charge in [-0.2, -0.15) is 0 Å². The maximum absolute atomic E-state index is 13.1. The molecule has 2 N–H and O–H groups in total. The summed E-state index contributed by atoms with van der Waals surface area (Å²) in [4.78, 5) is 47.8. The van der Waals surface area contributed by atoms with Gasteiger partial charge >= 0.3 is 25.7 Å². The maximum atomic E-state index is 13.1. The van der Waals surface area contributed by atoms with E-state index in [-0.39, 0.29) is 39.3 Å². The van der Waals surface area contributed by atoms with E-state index in [1.54, 1.807) is 20.8 Å². The van der Waals surface area contributed by atoms with Crippen LogP contribution in [-0.2, 0) is 37.5 Å². The molecule has 0 amide bonds. The molecule has 3 atom stereocenters. The fraction of sp³-hybridized carbons (Fsp3) is 0.880. The van der Waals surface area contributed by atoms with Crippen LogP contribution in [0.1, 0.15) is 73.6 Å². The average Bonchev–Trinajstić information content (AvgIpc) is 2.74. The van der Waals surface area contributed by atoms with E-state index in [9.17, 15) is 28.9 Å². The number of nitrogens with zero attached hydrogens (tertiary/aromatic N) is 1. The molecule has 0 aliphatic rings. The van der Waals surface area contributed by atoms with Gasteiger partial charge in [0.1, 0.15) is 19.8 Å². The van der Waals surface area contributed by atoms with E-state index in [1.807, 2.05) is 28.1 Å². The zero-order valence-corrected chi connectivity index (χ0v) is 25.0. The van der Waals surface area contributed by atoms with Crippen molar-refractivity contribution in [2.75, 3.05) is 54.1 Å². The largest absolute Gasteiger partial charge is 0.481 e. The molecule has 0 radical (unpaired) electrons. The minimum Gasteiger partial charge on any atom is -0.481 e. The van der Waals surface area contributed by atoms with Gasteiger partial charge in [0.25, 0.3) is 0 Å². The van der Waals surface area contributed by atoms with Crippen LogP contribution in [0.25, 0.3) is 0 Å². The second-order valence-corrected chi connectivity index (χ2v) is 13.2. The van der Waals surface area contributed by atoms with Crippen molar-refractivity contribution in [3.63, 3.8) is 0 Å². The fourth-order valence-corrected chi connectivity index (χ4v) is 4.56. The zero-order chi connectivity index (χ0) is 29.1. The lowest BCUT2D eigenvalue weighted by Crippen LogP contribution is -2.44. The lowest BCUT2D eigenvalue weighted by molar-refractivity contribution is -0.870. The molecule has 0 saturated heterocycles. The first-order valence-corrected chi connectivity index (χ1v) is 14.2. The first-order chi connectivity index (χ1) is 16.7. The van der Waals surface area contributed by atoms with Crippen LogP contribution in [0.15, 0.2) is 0 Å². The van der Waals surface area contributed by atoms with Crippen molar-refractivity contribution in [2.24, 2.45) is 16.2 Å². The number of rotatable bonds is 19. The molecule has 0 aromatic heterocycles. The quantitative estimate of drug-likeness (QED) is 0.104. The first-order valence-electron chi connectivity index (χ1n) is 12.7. The second kappa shape index (κ2) is 14.6. The molecular formula is C25H49NO10P+. The summed E-state index contributed by atoms with van der Waals surface area (Å²) in [6, 6.07) is 0. The van der Waals surface area contributed by atoms with Gasteiger partial charge < -0.3 is 24.0 Å². The van der Waals surface area contributed by atoms with Crippen LogP contribution < -0.4 is 0 Å². The molecule has 0 rings (SSSR count). The van der Waals surface area contributed by atoms with Crippen molar-refractivity contribution >= 4 is 25.7 Å². The first kappa shape index (κ1) is 35.5. The summed E-state index contributed by atoms with van der Waals surface area (Å²) < 4.78 is 33.2. The van der Waals surface area contributed by atoms with E-state index >= 15 is 0 Å². The van der Waals surface area contributed by atoms with Crippen molar-refractivity contribution in [1.82, 2.24) is 0 Å². The number of carboxylic acids is 1. The summed E-state index contributed by atoms with van der Waals surface area (Å²) in [6.45, 7) is 10.1. The van der Waals surface area contributed by atoms with Gasteiger partial charge in [0.15, 0.2) is 0 Å². The lowest BCUT2D eigenvalue weighted by Gasteiger charge is -2.39. The number of esters is 2. The Bertz CT molecular complexity index is 810. The van der Waals surface area contributed by atoms with E-state index in [0.29, 0.717) is 23.9 Å².